The smallest absolute Gasteiger partial charge is 0.320 e. The van der Waals surface area contributed by atoms with Crippen LogP contribution in [0.25, 0.3) is 10.9 Å². The largest absolute Gasteiger partial charge is 0.328 e. The third-order valence-corrected chi connectivity index (χ3v) is 6.31. The molecule has 1 aromatic heterocycles. The molecule has 0 bridgehead atoms. The maximum atomic E-state index is 13.2. The molecule has 178 valence electrons. The van der Waals surface area contributed by atoms with Crippen LogP contribution in [0.15, 0.2) is 65.1 Å². The Hall–Kier alpha value is -3.62. The van der Waals surface area contributed by atoms with E-state index in [1.807, 2.05) is 26.0 Å². The SMILES string of the molecule is Cc1cc(C)cc(NC(=O)C(=O)Nn2c(C(=O)Nc3cccc(Cl)c3C)cc3cc(Br)ccc32)c1. The van der Waals surface area contributed by atoms with Gasteiger partial charge in [-0.25, -0.2) is 4.68 Å². The first-order valence-electron chi connectivity index (χ1n) is 10.7. The van der Waals surface area contributed by atoms with Crippen LogP contribution < -0.4 is 16.1 Å². The highest BCUT2D eigenvalue weighted by atomic mass is 79.9. The predicted octanol–water partition coefficient (Wildman–Crippen LogP) is 5.94. The van der Waals surface area contributed by atoms with E-state index in [-0.39, 0.29) is 5.69 Å². The number of fused-ring (bicyclic) bond motifs is 1. The highest BCUT2D eigenvalue weighted by Gasteiger charge is 2.22. The van der Waals surface area contributed by atoms with Crippen molar-refractivity contribution >= 4 is 67.5 Å². The molecule has 0 spiro atoms. The Morgan fingerprint density at radius 2 is 1.57 bits per heavy atom. The normalized spacial score (nSPS) is 10.8. The zero-order valence-corrected chi connectivity index (χ0v) is 21.5. The highest BCUT2D eigenvalue weighted by Crippen LogP contribution is 2.26. The summed E-state index contributed by atoms with van der Waals surface area (Å²) in [5, 5.41) is 6.65. The average molecular weight is 554 g/mol. The molecule has 35 heavy (non-hydrogen) atoms. The third kappa shape index (κ3) is 5.39. The molecule has 4 aromatic rings. The molecule has 0 radical (unpaired) electrons. The first kappa shape index (κ1) is 24.5. The summed E-state index contributed by atoms with van der Waals surface area (Å²) in [6.07, 6.45) is 0. The highest BCUT2D eigenvalue weighted by molar-refractivity contribution is 9.10. The number of rotatable bonds is 4. The van der Waals surface area contributed by atoms with Gasteiger partial charge in [0.25, 0.3) is 5.91 Å². The molecular formula is C26H22BrClN4O3. The first-order valence-corrected chi connectivity index (χ1v) is 11.9. The van der Waals surface area contributed by atoms with E-state index in [2.05, 4.69) is 32.0 Å². The standard InChI is InChI=1S/C26H22BrClN4O3/c1-14-9-15(2)11-19(10-14)29-25(34)26(35)31-32-22-8-7-18(27)12-17(22)13-23(32)24(33)30-21-6-4-5-20(28)16(21)3/h4-13H,1-3H3,(H,29,34)(H,30,33)(H,31,35). The number of hydrogen-bond acceptors (Lipinski definition) is 3. The molecule has 4 rings (SSSR count). The van der Waals surface area contributed by atoms with Crippen molar-refractivity contribution < 1.29 is 14.4 Å². The molecule has 3 N–H and O–H groups in total. The number of nitrogens with one attached hydrogen (secondary N) is 3. The molecule has 0 aliphatic heterocycles. The molecule has 0 aliphatic rings. The van der Waals surface area contributed by atoms with Crippen LogP contribution in [0.3, 0.4) is 0 Å². The summed E-state index contributed by atoms with van der Waals surface area (Å²) in [5.41, 5.74) is 6.93. The lowest BCUT2D eigenvalue weighted by molar-refractivity contribution is -0.133. The van der Waals surface area contributed by atoms with Crippen molar-refractivity contribution in [3.8, 4) is 0 Å². The summed E-state index contributed by atoms with van der Waals surface area (Å²) in [4.78, 5) is 38.7. The molecule has 0 saturated carbocycles. The van der Waals surface area contributed by atoms with Gasteiger partial charge in [-0.2, -0.15) is 0 Å². The van der Waals surface area contributed by atoms with Crippen molar-refractivity contribution in [3.63, 3.8) is 0 Å². The van der Waals surface area contributed by atoms with Crippen LogP contribution in [-0.2, 0) is 9.59 Å². The van der Waals surface area contributed by atoms with E-state index in [4.69, 9.17) is 11.6 Å². The summed E-state index contributed by atoms with van der Waals surface area (Å²) >= 11 is 9.60. The molecule has 3 amide bonds. The lowest BCUT2D eigenvalue weighted by atomic mass is 10.1. The number of benzene rings is 3. The van der Waals surface area contributed by atoms with Gasteiger partial charge >= 0.3 is 11.8 Å². The number of nitrogens with zero attached hydrogens (tertiary/aromatic N) is 1. The molecule has 7 nitrogen and oxygen atoms in total. The zero-order chi connectivity index (χ0) is 25.3. The minimum Gasteiger partial charge on any atom is -0.320 e. The van der Waals surface area contributed by atoms with Crippen LogP contribution in [-0.4, -0.2) is 22.4 Å². The molecule has 0 unspecified atom stereocenters. The van der Waals surface area contributed by atoms with Crippen molar-refractivity contribution in [2.45, 2.75) is 20.8 Å². The van der Waals surface area contributed by atoms with Crippen LogP contribution in [0, 0.1) is 20.8 Å². The third-order valence-electron chi connectivity index (χ3n) is 5.41. The number of aromatic nitrogens is 1. The Balaban J connectivity index is 1.65. The van der Waals surface area contributed by atoms with Gasteiger partial charge in [0.05, 0.1) is 5.52 Å². The van der Waals surface area contributed by atoms with Crippen molar-refractivity contribution in [1.82, 2.24) is 4.68 Å². The van der Waals surface area contributed by atoms with Gasteiger partial charge in [-0.3, -0.25) is 19.8 Å². The Morgan fingerprint density at radius 3 is 2.29 bits per heavy atom. The van der Waals surface area contributed by atoms with Gasteiger partial charge in [0.15, 0.2) is 0 Å². The van der Waals surface area contributed by atoms with E-state index in [0.717, 1.165) is 15.6 Å². The summed E-state index contributed by atoms with van der Waals surface area (Å²) in [6, 6.07) is 17.7. The maximum absolute atomic E-state index is 13.2. The summed E-state index contributed by atoms with van der Waals surface area (Å²) in [5.74, 6) is -2.25. The van der Waals surface area contributed by atoms with Gasteiger partial charge in [-0.15, -0.1) is 0 Å². The molecule has 0 aliphatic carbocycles. The fourth-order valence-electron chi connectivity index (χ4n) is 3.79. The minimum atomic E-state index is -0.919. The van der Waals surface area contributed by atoms with E-state index in [0.29, 0.717) is 32.9 Å². The molecular weight excluding hydrogens is 532 g/mol. The van der Waals surface area contributed by atoms with Crippen molar-refractivity contribution in [1.29, 1.82) is 0 Å². The number of aryl methyl sites for hydroxylation is 2. The monoisotopic (exact) mass is 552 g/mol. The van der Waals surface area contributed by atoms with Crippen molar-refractivity contribution in [2.75, 3.05) is 16.1 Å². The van der Waals surface area contributed by atoms with Gasteiger partial charge in [0, 0.05) is 26.3 Å². The van der Waals surface area contributed by atoms with Gasteiger partial charge in [0.1, 0.15) is 5.69 Å². The van der Waals surface area contributed by atoms with E-state index in [9.17, 15) is 14.4 Å². The quantitative estimate of drug-likeness (QED) is 0.273. The second kappa shape index (κ2) is 9.93. The summed E-state index contributed by atoms with van der Waals surface area (Å²) in [7, 11) is 0. The molecule has 0 saturated heterocycles. The summed E-state index contributed by atoms with van der Waals surface area (Å²) < 4.78 is 2.11. The van der Waals surface area contributed by atoms with Crippen molar-refractivity contribution in [2.24, 2.45) is 0 Å². The lowest BCUT2D eigenvalue weighted by Crippen LogP contribution is -2.36. The van der Waals surface area contributed by atoms with Crippen LogP contribution in [0.5, 0.6) is 0 Å². The molecule has 0 fully saturated rings. The fraction of sp³-hybridized carbons (Fsp3) is 0.115. The number of carbonyl (C=O) groups excluding carboxylic acids is 3. The predicted molar refractivity (Wildman–Crippen MR) is 143 cm³/mol. The maximum Gasteiger partial charge on any atom is 0.328 e. The molecule has 3 aromatic carbocycles. The Kier molecular flexibility index (Phi) is 6.95. The van der Waals surface area contributed by atoms with Crippen LogP contribution in [0.2, 0.25) is 5.02 Å². The minimum absolute atomic E-state index is 0.144. The van der Waals surface area contributed by atoms with E-state index < -0.39 is 17.7 Å². The van der Waals surface area contributed by atoms with Gasteiger partial charge in [0.2, 0.25) is 0 Å². The first-order chi connectivity index (χ1) is 16.6. The van der Waals surface area contributed by atoms with Gasteiger partial charge in [-0.05, 0) is 86.0 Å². The van der Waals surface area contributed by atoms with Crippen LogP contribution in [0.1, 0.15) is 27.2 Å². The second-order valence-corrected chi connectivity index (χ2v) is 9.53. The second-order valence-electron chi connectivity index (χ2n) is 8.21. The summed E-state index contributed by atoms with van der Waals surface area (Å²) in [6.45, 7) is 5.60. The van der Waals surface area contributed by atoms with E-state index in [1.165, 1.54) is 4.68 Å². The Labute approximate surface area is 215 Å². The number of carbonyl (C=O) groups is 3. The van der Waals surface area contributed by atoms with E-state index in [1.54, 1.807) is 55.5 Å². The fourth-order valence-corrected chi connectivity index (χ4v) is 4.34. The average Bonchev–Trinajstić information content (AvgIpc) is 3.13. The number of amides is 3. The number of hydrogen-bond donors (Lipinski definition) is 3. The Bertz CT molecular complexity index is 1480. The molecule has 1 heterocycles. The van der Waals surface area contributed by atoms with Crippen LogP contribution >= 0.6 is 27.5 Å². The lowest BCUT2D eigenvalue weighted by Gasteiger charge is -2.14. The molecule has 0 atom stereocenters. The Morgan fingerprint density at radius 1 is 0.857 bits per heavy atom. The van der Waals surface area contributed by atoms with Gasteiger partial charge < -0.3 is 10.6 Å². The van der Waals surface area contributed by atoms with E-state index >= 15 is 0 Å². The van der Waals surface area contributed by atoms with Crippen LogP contribution in [0.4, 0.5) is 11.4 Å². The molecule has 9 heteroatoms. The van der Waals surface area contributed by atoms with Gasteiger partial charge in [-0.1, -0.05) is 39.7 Å². The number of anilines is 2. The van der Waals surface area contributed by atoms with Crippen molar-refractivity contribution in [3.05, 3.63) is 92.5 Å². The number of halogens is 2. The topological polar surface area (TPSA) is 92.2 Å². The zero-order valence-electron chi connectivity index (χ0n) is 19.2.